The third-order valence-corrected chi connectivity index (χ3v) is 3.19. The van der Waals surface area contributed by atoms with Crippen molar-refractivity contribution in [3.8, 4) is 11.8 Å². The van der Waals surface area contributed by atoms with E-state index in [-0.39, 0.29) is 5.56 Å². The first kappa shape index (κ1) is 13.1. The van der Waals surface area contributed by atoms with Gasteiger partial charge in [-0.3, -0.25) is 4.98 Å². The average Bonchev–Trinajstić information content (AvgIpc) is 2.53. The van der Waals surface area contributed by atoms with Crippen LogP contribution in [0.2, 0.25) is 0 Å². The molecule has 3 nitrogen and oxygen atoms in total. The zero-order valence-electron chi connectivity index (χ0n) is 11.1. The van der Waals surface area contributed by atoms with Gasteiger partial charge in [0.15, 0.2) is 0 Å². The molecule has 0 fully saturated rings. The fourth-order valence-corrected chi connectivity index (χ4v) is 2.12. The van der Waals surface area contributed by atoms with Gasteiger partial charge in [0, 0.05) is 23.2 Å². The van der Waals surface area contributed by atoms with Crippen LogP contribution in [0, 0.1) is 17.1 Å². The summed E-state index contributed by atoms with van der Waals surface area (Å²) in [4.78, 5) is 4.28. The van der Waals surface area contributed by atoms with Crippen LogP contribution in [0.5, 0.6) is 5.75 Å². The van der Waals surface area contributed by atoms with Gasteiger partial charge in [0.1, 0.15) is 24.2 Å². The van der Waals surface area contributed by atoms with Gasteiger partial charge in [0.25, 0.3) is 0 Å². The number of rotatable bonds is 3. The summed E-state index contributed by atoms with van der Waals surface area (Å²) in [5.41, 5.74) is 1.88. The second-order valence-corrected chi connectivity index (χ2v) is 4.53. The van der Waals surface area contributed by atoms with Gasteiger partial charge in [-0.15, -0.1) is 0 Å². The van der Waals surface area contributed by atoms with Crippen LogP contribution in [-0.2, 0) is 6.61 Å². The molecule has 0 atom stereocenters. The summed E-state index contributed by atoms with van der Waals surface area (Å²) in [7, 11) is 0. The molecule has 0 unspecified atom stereocenters. The lowest BCUT2D eigenvalue weighted by atomic mass is 10.1. The van der Waals surface area contributed by atoms with Gasteiger partial charge in [0.05, 0.1) is 11.1 Å². The zero-order valence-corrected chi connectivity index (χ0v) is 11.1. The predicted octanol–water partition coefficient (Wildman–Crippen LogP) is 3.82. The van der Waals surface area contributed by atoms with Crippen LogP contribution in [0.25, 0.3) is 10.9 Å². The topological polar surface area (TPSA) is 45.9 Å². The van der Waals surface area contributed by atoms with Gasteiger partial charge >= 0.3 is 0 Å². The van der Waals surface area contributed by atoms with Crippen LogP contribution in [0.1, 0.15) is 11.1 Å². The number of nitrogens with zero attached hydrogens (tertiary/aromatic N) is 2. The maximum atomic E-state index is 13.5. The van der Waals surface area contributed by atoms with E-state index in [9.17, 15) is 4.39 Å². The van der Waals surface area contributed by atoms with Crippen LogP contribution >= 0.6 is 0 Å². The van der Waals surface area contributed by atoms with Crippen molar-refractivity contribution in [2.45, 2.75) is 6.61 Å². The highest BCUT2D eigenvalue weighted by molar-refractivity contribution is 5.81. The molecule has 102 valence electrons. The number of ether oxygens (including phenoxy) is 1. The number of nitriles is 1. The Labute approximate surface area is 121 Å². The Hall–Kier alpha value is -2.93. The van der Waals surface area contributed by atoms with E-state index in [0.29, 0.717) is 12.4 Å². The van der Waals surface area contributed by atoms with E-state index in [1.165, 1.54) is 12.1 Å². The van der Waals surface area contributed by atoms with Crippen molar-refractivity contribution in [1.29, 1.82) is 5.26 Å². The van der Waals surface area contributed by atoms with E-state index >= 15 is 0 Å². The first-order chi connectivity index (χ1) is 10.3. The number of hydrogen-bond acceptors (Lipinski definition) is 3. The molecule has 2 aromatic carbocycles. The summed E-state index contributed by atoms with van der Waals surface area (Å²) in [6.45, 7) is 0.314. The summed E-state index contributed by atoms with van der Waals surface area (Å²) >= 11 is 0. The SMILES string of the molecule is N#Cc1ccc(OCc2ccnc3ccccc23)cc1F. The van der Waals surface area contributed by atoms with Crippen LogP contribution in [0.3, 0.4) is 0 Å². The Morgan fingerprint density at radius 3 is 2.81 bits per heavy atom. The Morgan fingerprint density at radius 1 is 1.14 bits per heavy atom. The van der Waals surface area contributed by atoms with E-state index in [0.717, 1.165) is 16.5 Å². The summed E-state index contributed by atoms with van der Waals surface area (Å²) in [6, 6.07) is 15.7. The van der Waals surface area contributed by atoms with Gasteiger partial charge in [-0.05, 0) is 24.3 Å². The molecular formula is C17H11FN2O. The van der Waals surface area contributed by atoms with Crippen molar-refractivity contribution in [3.63, 3.8) is 0 Å². The number of pyridine rings is 1. The minimum Gasteiger partial charge on any atom is -0.489 e. The van der Waals surface area contributed by atoms with Crippen LogP contribution < -0.4 is 4.74 Å². The lowest BCUT2D eigenvalue weighted by molar-refractivity contribution is 0.306. The molecule has 3 rings (SSSR count). The fourth-order valence-electron chi connectivity index (χ4n) is 2.12. The molecule has 21 heavy (non-hydrogen) atoms. The molecule has 0 saturated carbocycles. The second kappa shape index (κ2) is 5.59. The van der Waals surface area contributed by atoms with Crippen LogP contribution in [0.4, 0.5) is 4.39 Å². The average molecular weight is 278 g/mol. The minimum atomic E-state index is -0.574. The molecular weight excluding hydrogens is 267 g/mol. The van der Waals surface area contributed by atoms with E-state index in [1.54, 1.807) is 18.3 Å². The summed E-state index contributed by atoms with van der Waals surface area (Å²) in [5.74, 6) is -0.179. The third kappa shape index (κ3) is 2.67. The number of para-hydroxylation sites is 1. The third-order valence-electron chi connectivity index (χ3n) is 3.19. The Bertz CT molecular complexity index is 834. The number of fused-ring (bicyclic) bond motifs is 1. The molecule has 0 aliphatic heterocycles. The molecule has 0 radical (unpaired) electrons. The smallest absolute Gasteiger partial charge is 0.144 e. The van der Waals surface area contributed by atoms with E-state index in [1.807, 2.05) is 30.3 Å². The van der Waals surface area contributed by atoms with Crippen molar-refractivity contribution >= 4 is 10.9 Å². The molecule has 0 saturated heterocycles. The van der Waals surface area contributed by atoms with E-state index < -0.39 is 5.82 Å². The van der Waals surface area contributed by atoms with Crippen molar-refractivity contribution in [2.75, 3.05) is 0 Å². The van der Waals surface area contributed by atoms with Gasteiger partial charge in [-0.1, -0.05) is 18.2 Å². The second-order valence-electron chi connectivity index (χ2n) is 4.53. The van der Waals surface area contributed by atoms with Gasteiger partial charge < -0.3 is 4.74 Å². The summed E-state index contributed by atoms with van der Waals surface area (Å²) in [6.07, 6.45) is 1.72. The van der Waals surface area contributed by atoms with Gasteiger partial charge in [-0.2, -0.15) is 5.26 Å². The highest BCUT2D eigenvalue weighted by Gasteiger charge is 2.05. The first-order valence-corrected chi connectivity index (χ1v) is 6.43. The molecule has 0 amide bonds. The van der Waals surface area contributed by atoms with E-state index in [2.05, 4.69) is 4.98 Å². The number of halogens is 1. The maximum absolute atomic E-state index is 13.5. The number of benzene rings is 2. The molecule has 4 heteroatoms. The number of aromatic nitrogens is 1. The predicted molar refractivity (Wildman–Crippen MR) is 77.2 cm³/mol. The Morgan fingerprint density at radius 2 is 2.00 bits per heavy atom. The molecule has 3 aromatic rings. The van der Waals surface area contributed by atoms with Crippen molar-refractivity contribution in [1.82, 2.24) is 4.98 Å². The molecule has 1 aromatic heterocycles. The van der Waals surface area contributed by atoms with Crippen LogP contribution in [-0.4, -0.2) is 4.98 Å². The lowest BCUT2D eigenvalue weighted by Crippen LogP contribution is -1.98. The van der Waals surface area contributed by atoms with Crippen LogP contribution in [0.15, 0.2) is 54.7 Å². The first-order valence-electron chi connectivity index (χ1n) is 6.43. The monoisotopic (exact) mass is 278 g/mol. The standard InChI is InChI=1S/C17H11FN2O/c18-16-9-14(6-5-12(16)10-19)21-11-13-7-8-20-17-4-2-1-3-15(13)17/h1-9H,11H2. The Kier molecular flexibility index (Phi) is 3.48. The normalized spacial score (nSPS) is 10.3. The summed E-state index contributed by atoms with van der Waals surface area (Å²) in [5, 5.41) is 9.71. The quantitative estimate of drug-likeness (QED) is 0.731. The largest absolute Gasteiger partial charge is 0.489 e. The molecule has 0 spiro atoms. The van der Waals surface area contributed by atoms with Crippen molar-refractivity contribution in [3.05, 3.63) is 71.7 Å². The van der Waals surface area contributed by atoms with Gasteiger partial charge in [0.2, 0.25) is 0 Å². The molecule has 0 N–H and O–H groups in total. The Balaban J connectivity index is 1.84. The fraction of sp³-hybridized carbons (Fsp3) is 0.0588. The van der Waals surface area contributed by atoms with Crippen molar-refractivity contribution < 1.29 is 9.13 Å². The number of hydrogen-bond donors (Lipinski definition) is 0. The molecule has 0 aliphatic rings. The van der Waals surface area contributed by atoms with E-state index in [4.69, 9.17) is 10.00 Å². The highest BCUT2D eigenvalue weighted by atomic mass is 19.1. The highest BCUT2D eigenvalue weighted by Crippen LogP contribution is 2.20. The zero-order chi connectivity index (χ0) is 14.7. The molecule has 0 bridgehead atoms. The van der Waals surface area contributed by atoms with Crippen molar-refractivity contribution in [2.24, 2.45) is 0 Å². The molecule has 1 heterocycles. The lowest BCUT2D eigenvalue weighted by Gasteiger charge is -2.09. The minimum absolute atomic E-state index is 0.0108. The van der Waals surface area contributed by atoms with Gasteiger partial charge in [-0.25, -0.2) is 4.39 Å². The molecule has 0 aliphatic carbocycles. The maximum Gasteiger partial charge on any atom is 0.144 e. The summed E-state index contributed by atoms with van der Waals surface area (Å²) < 4.78 is 19.1.